The van der Waals surface area contributed by atoms with Crippen molar-refractivity contribution < 1.29 is 9.59 Å². The summed E-state index contributed by atoms with van der Waals surface area (Å²) in [5.41, 5.74) is 4.15. The molecule has 1 saturated heterocycles. The SMILES string of the molecule is CCN1CCCC1CNC(=O)c1ccc(NC(=O)N2CCSc3nc(C)cc(C)c32)cc1. The van der Waals surface area contributed by atoms with Crippen LogP contribution in [0.1, 0.15) is 41.4 Å². The molecule has 8 heteroatoms. The van der Waals surface area contributed by atoms with Crippen molar-refractivity contribution in [1.82, 2.24) is 15.2 Å². The predicted molar refractivity (Wildman–Crippen MR) is 130 cm³/mol. The van der Waals surface area contributed by atoms with Crippen LogP contribution in [0.3, 0.4) is 0 Å². The number of aryl methyl sites for hydroxylation is 2. The number of nitrogens with zero attached hydrogens (tertiary/aromatic N) is 3. The number of anilines is 2. The second kappa shape index (κ2) is 9.92. The van der Waals surface area contributed by atoms with E-state index >= 15 is 0 Å². The Hall–Kier alpha value is -2.58. The Balaban J connectivity index is 1.37. The number of aromatic nitrogens is 1. The second-order valence-electron chi connectivity index (χ2n) is 8.38. The Morgan fingerprint density at radius 3 is 2.72 bits per heavy atom. The number of benzene rings is 1. The summed E-state index contributed by atoms with van der Waals surface area (Å²) in [5.74, 6) is 0.733. The third-order valence-electron chi connectivity index (χ3n) is 6.15. The zero-order valence-corrected chi connectivity index (χ0v) is 19.8. The number of nitrogens with one attached hydrogen (secondary N) is 2. The van der Waals surface area contributed by atoms with Crippen molar-refractivity contribution in [3.63, 3.8) is 0 Å². The van der Waals surface area contributed by atoms with Crippen molar-refractivity contribution in [1.29, 1.82) is 0 Å². The molecule has 7 nitrogen and oxygen atoms in total. The van der Waals surface area contributed by atoms with Crippen LogP contribution in [0.5, 0.6) is 0 Å². The predicted octanol–water partition coefficient (Wildman–Crippen LogP) is 4.06. The first-order valence-electron chi connectivity index (χ1n) is 11.3. The van der Waals surface area contributed by atoms with Crippen LogP contribution in [0.2, 0.25) is 0 Å². The summed E-state index contributed by atoms with van der Waals surface area (Å²) in [6.07, 6.45) is 2.32. The summed E-state index contributed by atoms with van der Waals surface area (Å²) >= 11 is 1.68. The van der Waals surface area contributed by atoms with Gasteiger partial charge in [-0.3, -0.25) is 14.6 Å². The molecule has 1 aromatic heterocycles. The van der Waals surface area contributed by atoms with Gasteiger partial charge in [-0.25, -0.2) is 9.78 Å². The van der Waals surface area contributed by atoms with Gasteiger partial charge in [0.15, 0.2) is 0 Å². The maximum atomic E-state index is 13.0. The van der Waals surface area contributed by atoms with E-state index in [1.54, 1.807) is 40.9 Å². The number of likely N-dealkylation sites (N-methyl/N-ethyl adjacent to an activating group) is 1. The summed E-state index contributed by atoms with van der Waals surface area (Å²) < 4.78 is 0. The highest BCUT2D eigenvalue weighted by atomic mass is 32.2. The summed E-state index contributed by atoms with van der Waals surface area (Å²) in [7, 11) is 0. The Labute approximate surface area is 194 Å². The average Bonchev–Trinajstić information content (AvgIpc) is 3.25. The number of carbonyl (C=O) groups is 2. The van der Waals surface area contributed by atoms with Gasteiger partial charge < -0.3 is 10.6 Å². The number of pyridine rings is 1. The number of rotatable bonds is 5. The third-order valence-corrected chi connectivity index (χ3v) is 7.09. The lowest BCUT2D eigenvalue weighted by Crippen LogP contribution is -2.40. The molecule has 32 heavy (non-hydrogen) atoms. The molecule has 170 valence electrons. The second-order valence-corrected chi connectivity index (χ2v) is 9.46. The maximum absolute atomic E-state index is 13.0. The molecule has 1 atom stereocenters. The number of amides is 3. The van der Waals surface area contributed by atoms with Gasteiger partial charge in [-0.05, 0) is 75.7 Å². The Kier molecular flexibility index (Phi) is 7.01. The third kappa shape index (κ3) is 4.91. The fourth-order valence-electron chi connectivity index (χ4n) is 4.52. The summed E-state index contributed by atoms with van der Waals surface area (Å²) in [4.78, 5) is 34.3. The lowest BCUT2D eigenvalue weighted by molar-refractivity contribution is 0.0941. The summed E-state index contributed by atoms with van der Waals surface area (Å²) in [6, 6.07) is 9.32. The zero-order chi connectivity index (χ0) is 22.7. The van der Waals surface area contributed by atoms with E-state index in [1.165, 1.54) is 6.42 Å². The first-order valence-corrected chi connectivity index (χ1v) is 12.3. The quantitative estimate of drug-likeness (QED) is 0.714. The Morgan fingerprint density at radius 1 is 1.19 bits per heavy atom. The molecule has 3 heterocycles. The van der Waals surface area contributed by atoms with E-state index in [2.05, 4.69) is 27.4 Å². The van der Waals surface area contributed by atoms with Crippen LogP contribution in [0.15, 0.2) is 35.4 Å². The van der Waals surface area contributed by atoms with Gasteiger partial charge in [-0.2, -0.15) is 0 Å². The van der Waals surface area contributed by atoms with Crippen molar-refractivity contribution >= 4 is 35.1 Å². The Morgan fingerprint density at radius 2 is 1.97 bits per heavy atom. The summed E-state index contributed by atoms with van der Waals surface area (Å²) in [6.45, 7) is 9.57. The summed E-state index contributed by atoms with van der Waals surface area (Å²) in [5, 5.41) is 6.92. The van der Waals surface area contributed by atoms with Gasteiger partial charge >= 0.3 is 6.03 Å². The molecule has 1 unspecified atom stereocenters. The van der Waals surface area contributed by atoms with E-state index in [4.69, 9.17) is 0 Å². The first kappa shape index (κ1) is 22.6. The van der Waals surface area contributed by atoms with Crippen LogP contribution in [-0.2, 0) is 0 Å². The minimum absolute atomic E-state index is 0.0788. The van der Waals surface area contributed by atoms with Gasteiger partial charge in [0.1, 0.15) is 5.03 Å². The lowest BCUT2D eigenvalue weighted by atomic mass is 10.1. The fourth-order valence-corrected chi connectivity index (χ4v) is 5.61. The van der Waals surface area contributed by atoms with Crippen LogP contribution in [0.4, 0.5) is 16.2 Å². The van der Waals surface area contributed by atoms with Crippen LogP contribution in [0.25, 0.3) is 0 Å². The average molecular weight is 454 g/mol. The smallest absolute Gasteiger partial charge is 0.326 e. The number of carbonyl (C=O) groups excluding carboxylic acids is 2. The van der Waals surface area contributed by atoms with Crippen molar-refractivity contribution in [2.75, 3.05) is 42.1 Å². The van der Waals surface area contributed by atoms with Gasteiger partial charge in [0, 0.05) is 41.8 Å². The molecule has 0 radical (unpaired) electrons. The Bertz CT molecular complexity index is 995. The normalized spacial score (nSPS) is 18.3. The van der Waals surface area contributed by atoms with Gasteiger partial charge in [0.05, 0.1) is 5.69 Å². The van der Waals surface area contributed by atoms with E-state index in [9.17, 15) is 9.59 Å². The monoisotopic (exact) mass is 453 g/mol. The molecule has 0 bridgehead atoms. The lowest BCUT2D eigenvalue weighted by Gasteiger charge is -2.30. The molecular weight excluding hydrogens is 422 g/mol. The van der Waals surface area contributed by atoms with Gasteiger partial charge in [-0.1, -0.05) is 6.92 Å². The molecule has 0 saturated carbocycles. The minimum Gasteiger partial charge on any atom is -0.350 e. The highest BCUT2D eigenvalue weighted by Crippen LogP contribution is 2.36. The number of fused-ring (bicyclic) bond motifs is 1. The van der Waals surface area contributed by atoms with E-state index in [0.29, 0.717) is 30.4 Å². The molecule has 3 amide bonds. The van der Waals surface area contributed by atoms with Gasteiger partial charge in [0.25, 0.3) is 5.91 Å². The highest BCUT2D eigenvalue weighted by Gasteiger charge is 2.26. The van der Waals surface area contributed by atoms with E-state index in [-0.39, 0.29) is 11.9 Å². The number of urea groups is 1. The molecule has 1 fully saturated rings. The number of hydrogen-bond donors (Lipinski definition) is 2. The number of thioether (sulfide) groups is 1. The van der Waals surface area contributed by atoms with Gasteiger partial charge in [0.2, 0.25) is 0 Å². The van der Waals surface area contributed by atoms with E-state index in [0.717, 1.165) is 47.2 Å². The van der Waals surface area contributed by atoms with Crippen LogP contribution < -0.4 is 15.5 Å². The topological polar surface area (TPSA) is 77.6 Å². The maximum Gasteiger partial charge on any atom is 0.326 e. The minimum atomic E-state index is -0.182. The van der Waals surface area contributed by atoms with Crippen LogP contribution in [-0.4, -0.2) is 59.8 Å². The molecule has 2 aromatic rings. The number of likely N-dealkylation sites (tertiary alicyclic amines) is 1. The van der Waals surface area contributed by atoms with Crippen LogP contribution in [0, 0.1) is 13.8 Å². The fraction of sp³-hybridized carbons (Fsp3) is 0.458. The van der Waals surface area contributed by atoms with Gasteiger partial charge in [-0.15, -0.1) is 11.8 Å². The number of hydrogen-bond acceptors (Lipinski definition) is 5. The van der Waals surface area contributed by atoms with Crippen molar-refractivity contribution in [2.45, 2.75) is 44.7 Å². The molecule has 0 spiro atoms. The molecule has 2 N–H and O–H groups in total. The van der Waals surface area contributed by atoms with Crippen molar-refractivity contribution in [3.05, 3.63) is 47.2 Å². The molecule has 1 aromatic carbocycles. The largest absolute Gasteiger partial charge is 0.350 e. The van der Waals surface area contributed by atoms with E-state index < -0.39 is 0 Å². The first-order chi connectivity index (χ1) is 15.5. The molecule has 2 aliphatic heterocycles. The highest BCUT2D eigenvalue weighted by molar-refractivity contribution is 7.99. The molecule has 4 rings (SSSR count). The zero-order valence-electron chi connectivity index (χ0n) is 19.0. The van der Waals surface area contributed by atoms with Crippen molar-refractivity contribution in [2.24, 2.45) is 0 Å². The van der Waals surface area contributed by atoms with Crippen LogP contribution >= 0.6 is 11.8 Å². The molecule has 0 aliphatic carbocycles. The van der Waals surface area contributed by atoms with E-state index in [1.807, 2.05) is 19.9 Å². The van der Waals surface area contributed by atoms with Crippen molar-refractivity contribution in [3.8, 4) is 0 Å². The standard InChI is InChI=1S/C24H31N5O2S/c1-4-28-11-5-6-20(28)15-25-22(30)18-7-9-19(10-8-18)27-24(31)29-12-13-32-23-21(29)16(2)14-17(3)26-23/h7-10,14,20H,4-6,11-13,15H2,1-3H3,(H,25,30)(H,27,31). The molecular formula is C24H31N5O2S. The molecule has 2 aliphatic rings.